The quantitative estimate of drug-likeness (QED) is 0.789. The number of benzene rings is 1. The third kappa shape index (κ3) is 3.85. The Bertz CT molecular complexity index is 446. The molecule has 106 valence electrons. The highest BCUT2D eigenvalue weighted by molar-refractivity contribution is 6.30. The minimum absolute atomic E-state index is 0.548. The van der Waals surface area contributed by atoms with E-state index >= 15 is 0 Å². The van der Waals surface area contributed by atoms with Gasteiger partial charge in [0.1, 0.15) is 5.75 Å². The number of halogens is 1. The summed E-state index contributed by atoms with van der Waals surface area (Å²) >= 11 is 6.13. The maximum Gasteiger partial charge on any atom is 0.126 e. The Labute approximate surface area is 119 Å². The lowest BCUT2D eigenvalue weighted by atomic mass is 9.94. The highest BCUT2D eigenvalue weighted by Gasteiger charge is 2.25. The summed E-state index contributed by atoms with van der Waals surface area (Å²) in [6.07, 6.45) is 2.51. The van der Waals surface area contributed by atoms with Crippen LogP contribution in [0.2, 0.25) is 5.02 Å². The van der Waals surface area contributed by atoms with Crippen molar-refractivity contribution in [3.8, 4) is 5.75 Å². The average molecular weight is 284 g/mol. The van der Waals surface area contributed by atoms with Crippen molar-refractivity contribution in [2.45, 2.75) is 38.7 Å². The standard InChI is InChI=1S/C15H22ClNO2/c1-3-5-17-10-15(2,18)9-12-8-13(16)7-11-4-6-19-14(11)12/h7-8,17-18H,3-6,9-10H2,1-2H3. The van der Waals surface area contributed by atoms with E-state index in [4.69, 9.17) is 16.3 Å². The molecule has 0 fully saturated rings. The van der Waals surface area contributed by atoms with E-state index < -0.39 is 5.60 Å². The molecule has 1 aliphatic heterocycles. The Kier molecular flexibility index (Phi) is 4.71. The van der Waals surface area contributed by atoms with Crippen LogP contribution in [0.1, 0.15) is 31.4 Å². The topological polar surface area (TPSA) is 41.5 Å². The van der Waals surface area contributed by atoms with Crippen molar-refractivity contribution < 1.29 is 9.84 Å². The first-order valence-corrected chi connectivity index (χ1v) is 7.27. The van der Waals surface area contributed by atoms with Crippen LogP contribution in [0.15, 0.2) is 12.1 Å². The first kappa shape index (κ1) is 14.6. The molecular weight excluding hydrogens is 262 g/mol. The number of hydrogen-bond donors (Lipinski definition) is 2. The summed E-state index contributed by atoms with van der Waals surface area (Å²) in [6, 6.07) is 3.86. The molecular formula is C15H22ClNO2. The predicted molar refractivity (Wildman–Crippen MR) is 78.1 cm³/mol. The fourth-order valence-corrected chi connectivity index (χ4v) is 2.75. The molecule has 1 aromatic carbocycles. The number of rotatable bonds is 6. The van der Waals surface area contributed by atoms with Crippen LogP contribution in [-0.4, -0.2) is 30.4 Å². The van der Waals surface area contributed by atoms with E-state index in [2.05, 4.69) is 12.2 Å². The maximum absolute atomic E-state index is 10.5. The molecule has 1 unspecified atom stereocenters. The minimum Gasteiger partial charge on any atom is -0.493 e. The van der Waals surface area contributed by atoms with Crippen LogP contribution >= 0.6 is 11.6 Å². The van der Waals surface area contributed by atoms with Gasteiger partial charge in [0, 0.05) is 24.4 Å². The lowest BCUT2D eigenvalue weighted by Crippen LogP contribution is -2.40. The molecule has 19 heavy (non-hydrogen) atoms. The van der Waals surface area contributed by atoms with E-state index in [9.17, 15) is 5.11 Å². The number of aliphatic hydroxyl groups is 1. The highest BCUT2D eigenvalue weighted by Crippen LogP contribution is 2.34. The monoisotopic (exact) mass is 283 g/mol. The fourth-order valence-electron chi connectivity index (χ4n) is 2.48. The molecule has 0 saturated heterocycles. The van der Waals surface area contributed by atoms with Gasteiger partial charge in [0.05, 0.1) is 12.2 Å². The molecule has 0 spiro atoms. The van der Waals surface area contributed by atoms with Crippen molar-refractivity contribution in [2.75, 3.05) is 19.7 Å². The molecule has 1 aliphatic rings. The highest BCUT2D eigenvalue weighted by atomic mass is 35.5. The van der Waals surface area contributed by atoms with Crippen LogP contribution in [-0.2, 0) is 12.8 Å². The predicted octanol–water partition coefficient (Wildman–Crippen LogP) is 2.57. The molecule has 4 heteroatoms. The number of ether oxygens (including phenoxy) is 1. The van der Waals surface area contributed by atoms with Crippen LogP contribution in [0.5, 0.6) is 5.75 Å². The zero-order chi connectivity index (χ0) is 13.9. The Morgan fingerprint density at radius 3 is 3.00 bits per heavy atom. The van der Waals surface area contributed by atoms with Crippen molar-refractivity contribution in [2.24, 2.45) is 0 Å². The van der Waals surface area contributed by atoms with Crippen LogP contribution in [0, 0.1) is 0 Å². The third-order valence-electron chi connectivity index (χ3n) is 3.33. The first-order chi connectivity index (χ1) is 9.02. The molecule has 0 aromatic heterocycles. The summed E-state index contributed by atoms with van der Waals surface area (Å²) in [5, 5.41) is 14.4. The second-order valence-electron chi connectivity index (χ2n) is 5.50. The Morgan fingerprint density at radius 1 is 1.47 bits per heavy atom. The van der Waals surface area contributed by atoms with E-state index in [0.29, 0.717) is 19.6 Å². The van der Waals surface area contributed by atoms with Crippen LogP contribution in [0.4, 0.5) is 0 Å². The lowest BCUT2D eigenvalue weighted by molar-refractivity contribution is 0.0597. The smallest absolute Gasteiger partial charge is 0.126 e. The van der Waals surface area contributed by atoms with Crippen molar-refractivity contribution in [1.29, 1.82) is 0 Å². The van der Waals surface area contributed by atoms with Gasteiger partial charge in [0.25, 0.3) is 0 Å². The molecule has 0 radical (unpaired) electrons. The minimum atomic E-state index is -0.792. The zero-order valence-electron chi connectivity index (χ0n) is 11.6. The van der Waals surface area contributed by atoms with Gasteiger partial charge in [0.15, 0.2) is 0 Å². The molecule has 0 bridgehead atoms. The summed E-state index contributed by atoms with van der Waals surface area (Å²) in [7, 11) is 0. The Morgan fingerprint density at radius 2 is 2.26 bits per heavy atom. The summed E-state index contributed by atoms with van der Waals surface area (Å²) < 4.78 is 5.67. The summed E-state index contributed by atoms with van der Waals surface area (Å²) in [4.78, 5) is 0. The van der Waals surface area contributed by atoms with E-state index in [0.717, 1.165) is 41.3 Å². The molecule has 1 aromatic rings. The first-order valence-electron chi connectivity index (χ1n) is 6.89. The molecule has 0 aliphatic carbocycles. The second kappa shape index (κ2) is 6.12. The summed E-state index contributed by atoms with van der Waals surface area (Å²) in [5.41, 5.74) is 1.36. The van der Waals surface area contributed by atoms with Gasteiger partial charge in [-0.3, -0.25) is 0 Å². The normalized spacial score (nSPS) is 16.8. The van der Waals surface area contributed by atoms with Gasteiger partial charge in [-0.2, -0.15) is 0 Å². The van der Waals surface area contributed by atoms with Crippen LogP contribution in [0.25, 0.3) is 0 Å². The van der Waals surface area contributed by atoms with Crippen molar-refractivity contribution >= 4 is 11.6 Å². The van der Waals surface area contributed by atoms with Crippen LogP contribution < -0.4 is 10.1 Å². The Hall–Kier alpha value is -0.770. The van der Waals surface area contributed by atoms with Gasteiger partial charge < -0.3 is 15.2 Å². The average Bonchev–Trinajstić information content (AvgIpc) is 2.76. The molecule has 0 amide bonds. The third-order valence-corrected chi connectivity index (χ3v) is 3.55. The molecule has 2 rings (SSSR count). The summed E-state index contributed by atoms with van der Waals surface area (Å²) in [5.74, 6) is 0.917. The summed E-state index contributed by atoms with van der Waals surface area (Å²) in [6.45, 7) is 6.15. The SMILES string of the molecule is CCCNCC(C)(O)Cc1cc(Cl)cc2c1OCC2. The fraction of sp³-hybridized carbons (Fsp3) is 0.600. The van der Waals surface area contributed by atoms with Gasteiger partial charge >= 0.3 is 0 Å². The molecule has 2 N–H and O–H groups in total. The molecule has 0 saturated carbocycles. The van der Waals surface area contributed by atoms with E-state index in [1.807, 2.05) is 19.1 Å². The number of hydrogen-bond acceptors (Lipinski definition) is 3. The molecule has 1 atom stereocenters. The zero-order valence-corrected chi connectivity index (χ0v) is 12.4. The number of fused-ring (bicyclic) bond motifs is 1. The second-order valence-corrected chi connectivity index (χ2v) is 5.94. The van der Waals surface area contributed by atoms with Crippen molar-refractivity contribution in [3.63, 3.8) is 0 Å². The van der Waals surface area contributed by atoms with Crippen LogP contribution in [0.3, 0.4) is 0 Å². The largest absolute Gasteiger partial charge is 0.493 e. The van der Waals surface area contributed by atoms with E-state index in [1.165, 1.54) is 0 Å². The lowest BCUT2D eigenvalue weighted by Gasteiger charge is -2.25. The Balaban J connectivity index is 2.10. The van der Waals surface area contributed by atoms with Crippen molar-refractivity contribution in [1.82, 2.24) is 5.32 Å². The van der Waals surface area contributed by atoms with Gasteiger partial charge in [-0.05, 0) is 43.1 Å². The van der Waals surface area contributed by atoms with E-state index in [1.54, 1.807) is 0 Å². The molecule has 3 nitrogen and oxygen atoms in total. The van der Waals surface area contributed by atoms with Gasteiger partial charge in [-0.15, -0.1) is 0 Å². The van der Waals surface area contributed by atoms with Gasteiger partial charge in [-0.25, -0.2) is 0 Å². The van der Waals surface area contributed by atoms with Crippen molar-refractivity contribution in [3.05, 3.63) is 28.3 Å². The maximum atomic E-state index is 10.5. The van der Waals surface area contributed by atoms with E-state index in [-0.39, 0.29) is 0 Å². The van der Waals surface area contributed by atoms with Gasteiger partial charge in [0.2, 0.25) is 0 Å². The molecule has 1 heterocycles. The van der Waals surface area contributed by atoms with Gasteiger partial charge in [-0.1, -0.05) is 18.5 Å². The number of nitrogens with one attached hydrogen (secondary N) is 1.